The highest BCUT2D eigenvalue weighted by atomic mass is 16.6. The number of benzene rings is 2. The second kappa shape index (κ2) is 8.61. The lowest BCUT2D eigenvalue weighted by Gasteiger charge is -2.19. The van der Waals surface area contributed by atoms with Gasteiger partial charge in [0.2, 0.25) is 5.91 Å². The van der Waals surface area contributed by atoms with Crippen LogP contribution in [0.3, 0.4) is 0 Å². The Labute approximate surface area is 154 Å². The van der Waals surface area contributed by atoms with Gasteiger partial charge in [-0.3, -0.25) is 4.79 Å². The minimum absolute atomic E-state index is 0.0413. The van der Waals surface area contributed by atoms with Crippen molar-refractivity contribution in [3.63, 3.8) is 0 Å². The highest BCUT2D eigenvalue weighted by molar-refractivity contribution is 5.91. The van der Waals surface area contributed by atoms with Gasteiger partial charge in [0.05, 0.1) is 6.61 Å². The molecule has 0 aromatic heterocycles. The van der Waals surface area contributed by atoms with Crippen LogP contribution in [0.4, 0.5) is 5.69 Å². The standard InChI is InChI=1S/C21H25NO4/c1-15(2)16-5-8-18(9-6-16)24-11-3-4-21(23)22-17-7-10-19-20(14-17)26-13-12-25-19/h5-10,14-15H,3-4,11-13H2,1-2H3,(H,22,23). The topological polar surface area (TPSA) is 56.8 Å². The summed E-state index contributed by atoms with van der Waals surface area (Å²) in [7, 11) is 0. The third-order valence-corrected chi connectivity index (χ3v) is 4.19. The second-order valence-electron chi connectivity index (χ2n) is 6.58. The van der Waals surface area contributed by atoms with Crippen molar-refractivity contribution in [2.45, 2.75) is 32.6 Å². The number of amides is 1. The molecule has 1 N–H and O–H groups in total. The van der Waals surface area contributed by atoms with Crippen LogP contribution in [-0.2, 0) is 4.79 Å². The first-order chi connectivity index (χ1) is 12.6. The zero-order valence-corrected chi connectivity index (χ0v) is 15.3. The van der Waals surface area contributed by atoms with Gasteiger partial charge in [0.1, 0.15) is 19.0 Å². The molecule has 1 heterocycles. The Balaban J connectivity index is 1.40. The normalized spacial score (nSPS) is 12.7. The summed E-state index contributed by atoms with van der Waals surface area (Å²) >= 11 is 0. The van der Waals surface area contributed by atoms with Crippen LogP contribution in [0.15, 0.2) is 42.5 Å². The number of hydrogen-bond acceptors (Lipinski definition) is 4. The number of carbonyl (C=O) groups is 1. The first-order valence-electron chi connectivity index (χ1n) is 9.04. The Hall–Kier alpha value is -2.69. The van der Waals surface area contributed by atoms with Crippen LogP contribution in [0.25, 0.3) is 0 Å². The van der Waals surface area contributed by atoms with Crippen LogP contribution in [0.5, 0.6) is 17.2 Å². The molecule has 0 fully saturated rings. The average molecular weight is 355 g/mol. The van der Waals surface area contributed by atoms with Crippen molar-refractivity contribution < 1.29 is 19.0 Å². The highest BCUT2D eigenvalue weighted by Gasteiger charge is 2.12. The lowest BCUT2D eigenvalue weighted by molar-refractivity contribution is -0.116. The summed E-state index contributed by atoms with van der Waals surface area (Å²) in [4.78, 5) is 12.1. The molecule has 0 atom stereocenters. The molecule has 0 saturated heterocycles. The van der Waals surface area contributed by atoms with Crippen molar-refractivity contribution in [3.05, 3.63) is 48.0 Å². The zero-order valence-electron chi connectivity index (χ0n) is 15.3. The molecule has 0 aliphatic carbocycles. The molecule has 1 aliphatic rings. The lowest BCUT2D eigenvalue weighted by atomic mass is 10.0. The molecule has 1 aliphatic heterocycles. The minimum Gasteiger partial charge on any atom is -0.494 e. The van der Waals surface area contributed by atoms with Gasteiger partial charge in [0.15, 0.2) is 11.5 Å². The summed E-state index contributed by atoms with van der Waals surface area (Å²) in [6, 6.07) is 13.5. The van der Waals surface area contributed by atoms with Crippen molar-refractivity contribution in [1.82, 2.24) is 0 Å². The summed E-state index contributed by atoms with van der Waals surface area (Å²) in [5.41, 5.74) is 2.00. The first-order valence-corrected chi connectivity index (χ1v) is 9.04. The summed E-state index contributed by atoms with van der Waals surface area (Å²) in [6.07, 6.45) is 1.06. The van der Waals surface area contributed by atoms with E-state index in [9.17, 15) is 4.79 Å². The monoisotopic (exact) mass is 355 g/mol. The maximum Gasteiger partial charge on any atom is 0.224 e. The van der Waals surface area contributed by atoms with E-state index in [0.29, 0.717) is 55.8 Å². The molecule has 138 valence electrons. The quantitative estimate of drug-likeness (QED) is 0.749. The molecule has 0 radical (unpaired) electrons. The Kier molecular flexibility index (Phi) is 6.00. The molecule has 0 saturated carbocycles. The van der Waals surface area contributed by atoms with Crippen LogP contribution in [0, 0.1) is 0 Å². The average Bonchev–Trinajstić information content (AvgIpc) is 2.65. The van der Waals surface area contributed by atoms with E-state index in [4.69, 9.17) is 14.2 Å². The number of fused-ring (bicyclic) bond motifs is 1. The van der Waals surface area contributed by atoms with E-state index in [1.54, 1.807) is 6.07 Å². The Morgan fingerprint density at radius 1 is 1.08 bits per heavy atom. The van der Waals surface area contributed by atoms with E-state index in [2.05, 4.69) is 31.3 Å². The lowest BCUT2D eigenvalue weighted by Crippen LogP contribution is -2.16. The molecule has 5 nitrogen and oxygen atoms in total. The van der Waals surface area contributed by atoms with Gasteiger partial charge >= 0.3 is 0 Å². The number of anilines is 1. The maximum absolute atomic E-state index is 12.1. The smallest absolute Gasteiger partial charge is 0.224 e. The van der Waals surface area contributed by atoms with Gasteiger partial charge in [0, 0.05) is 18.2 Å². The van der Waals surface area contributed by atoms with Crippen molar-refractivity contribution in [2.24, 2.45) is 0 Å². The van der Waals surface area contributed by atoms with Crippen LogP contribution in [0.1, 0.15) is 38.2 Å². The molecule has 5 heteroatoms. The predicted molar refractivity (Wildman–Crippen MR) is 101 cm³/mol. The number of rotatable bonds is 7. The second-order valence-corrected chi connectivity index (χ2v) is 6.58. The summed E-state index contributed by atoms with van der Waals surface area (Å²) in [5.74, 6) is 2.68. The van der Waals surface area contributed by atoms with Gasteiger partial charge in [-0.1, -0.05) is 26.0 Å². The Morgan fingerprint density at radius 3 is 2.54 bits per heavy atom. The number of hydrogen-bond donors (Lipinski definition) is 1. The maximum atomic E-state index is 12.1. The fraction of sp³-hybridized carbons (Fsp3) is 0.381. The predicted octanol–water partition coefficient (Wildman–Crippen LogP) is 4.38. The van der Waals surface area contributed by atoms with Crippen LogP contribution >= 0.6 is 0 Å². The third-order valence-electron chi connectivity index (χ3n) is 4.19. The third kappa shape index (κ3) is 4.91. The molecule has 0 spiro atoms. The fourth-order valence-corrected chi connectivity index (χ4v) is 2.72. The number of nitrogens with one attached hydrogen (secondary N) is 1. The van der Waals surface area contributed by atoms with E-state index in [1.165, 1.54) is 5.56 Å². The van der Waals surface area contributed by atoms with Crippen LogP contribution in [-0.4, -0.2) is 25.7 Å². The minimum atomic E-state index is -0.0413. The van der Waals surface area contributed by atoms with E-state index in [-0.39, 0.29) is 5.91 Å². The zero-order chi connectivity index (χ0) is 18.4. The first kappa shape index (κ1) is 18.1. The van der Waals surface area contributed by atoms with Crippen molar-refractivity contribution in [2.75, 3.05) is 25.1 Å². The van der Waals surface area contributed by atoms with Gasteiger partial charge in [-0.2, -0.15) is 0 Å². The van der Waals surface area contributed by atoms with E-state index >= 15 is 0 Å². The summed E-state index contributed by atoms with van der Waals surface area (Å²) < 4.78 is 16.7. The van der Waals surface area contributed by atoms with Gasteiger partial charge in [-0.05, 0) is 42.2 Å². The molecule has 2 aromatic carbocycles. The number of carbonyl (C=O) groups excluding carboxylic acids is 1. The molecular formula is C21H25NO4. The summed E-state index contributed by atoms with van der Waals surface area (Å²) in [6.45, 7) is 5.92. The SMILES string of the molecule is CC(C)c1ccc(OCCCC(=O)Nc2ccc3c(c2)OCCO3)cc1. The molecule has 0 unspecified atom stereocenters. The van der Waals surface area contributed by atoms with Crippen LogP contribution < -0.4 is 19.5 Å². The van der Waals surface area contributed by atoms with Gasteiger partial charge in [-0.15, -0.1) is 0 Å². The van der Waals surface area contributed by atoms with E-state index in [1.807, 2.05) is 24.3 Å². The van der Waals surface area contributed by atoms with Crippen LogP contribution in [0.2, 0.25) is 0 Å². The van der Waals surface area contributed by atoms with Crippen molar-refractivity contribution in [1.29, 1.82) is 0 Å². The fourth-order valence-electron chi connectivity index (χ4n) is 2.72. The Bertz CT molecular complexity index is 740. The largest absolute Gasteiger partial charge is 0.494 e. The van der Waals surface area contributed by atoms with Gasteiger partial charge in [-0.25, -0.2) is 0 Å². The molecule has 2 aromatic rings. The number of ether oxygens (including phenoxy) is 3. The van der Waals surface area contributed by atoms with Gasteiger partial charge in [0.25, 0.3) is 0 Å². The molecule has 26 heavy (non-hydrogen) atoms. The molecular weight excluding hydrogens is 330 g/mol. The van der Waals surface area contributed by atoms with Crippen molar-refractivity contribution >= 4 is 11.6 Å². The molecule has 0 bridgehead atoms. The summed E-state index contributed by atoms with van der Waals surface area (Å²) in [5, 5.41) is 2.88. The van der Waals surface area contributed by atoms with Gasteiger partial charge < -0.3 is 19.5 Å². The van der Waals surface area contributed by atoms with E-state index in [0.717, 1.165) is 5.75 Å². The highest BCUT2D eigenvalue weighted by Crippen LogP contribution is 2.32. The molecule has 3 rings (SSSR count). The Morgan fingerprint density at radius 2 is 1.81 bits per heavy atom. The van der Waals surface area contributed by atoms with E-state index < -0.39 is 0 Å². The van der Waals surface area contributed by atoms with Crippen molar-refractivity contribution in [3.8, 4) is 17.2 Å². The molecule has 1 amide bonds.